The second-order valence-corrected chi connectivity index (χ2v) is 4.58. The zero-order valence-electron chi connectivity index (χ0n) is 10.9. The van der Waals surface area contributed by atoms with Gasteiger partial charge in [0.2, 0.25) is 0 Å². The van der Waals surface area contributed by atoms with Gasteiger partial charge in [-0.3, -0.25) is 0 Å². The normalized spacial score (nSPS) is 18.8. The highest BCUT2D eigenvalue weighted by molar-refractivity contribution is 5.78. The number of hydrogen-bond donors (Lipinski definition) is 2. The molecule has 0 saturated carbocycles. The molecule has 0 saturated heterocycles. The number of hydrogen-bond acceptors (Lipinski definition) is 3. The van der Waals surface area contributed by atoms with Crippen molar-refractivity contribution in [2.45, 2.75) is 26.3 Å². The third-order valence-electron chi connectivity index (χ3n) is 2.86. The Morgan fingerprint density at radius 2 is 2.33 bits per heavy atom. The van der Waals surface area contributed by atoms with Crippen molar-refractivity contribution in [2.75, 3.05) is 6.61 Å². The molecule has 1 aliphatic heterocycles. The zero-order valence-corrected chi connectivity index (χ0v) is 10.9. The van der Waals surface area contributed by atoms with Gasteiger partial charge in [0, 0.05) is 12.0 Å². The topological polar surface area (TPSA) is 59.6 Å². The minimum atomic E-state index is 0.184. The van der Waals surface area contributed by atoms with E-state index in [1.165, 1.54) is 5.56 Å². The van der Waals surface area contributed by atoms with Crippen LogP contribution >= 0.6 is 0 Å². The number of aliphatic imine (C=N–C) groups is 1. The molecule has 4 nitrogen and oxygen atoms in total. The van der Waals surface area contributed by atoms with Crippen LogP contribution in [0.1, 0.15) is 30.5 Å². The van der Waals surface area contributed by atoms with Crippen molar-refractivity contribution in [3.05, 3.63) is 41.7 Å². The molecule has 1 heterocycles. The third-order valence-corrected chi connectivity index (χ3v) is 2.86. The van der Waals surface area contributed by atoms with Crippen molar-refractivity contribution in [2.24, 2.45) is 10.7 Å². The predicted molar refractivity (Wildman–Crippen MR) is 73.6 cm³/mol. The number of nitrogens with two attached hydrogens (primary N) is 1. The summed E-state index contributed by atoms with van der Waals surface area (Å²) < 4.78 is 5.64. The predicted octanol–water partition coefficient (Wildman–Crippen LogP) is 2.26. The number of aryl methyl sites for hydroxylation is 1. The lowest BCUT2D eigenvalue weighted by Crippen LogP contribution is -2.26. The molecule has 1 atom stereocenters. The molecule has 96 valence electrons. The molecule has 18 heavy (non-hydrogen) atoms. The summed E-state index contributed by atoms with van der Waals surface area (Å²) in [6.07, 6.45) is 0.897. The van der Waals surface area contributed by atoms with Crippen LogP contribution in [0, 0.1) is 6.92 Å². The number of nitrogens with one attached hydrogen (secondary N) is 1. The molecule has 1 aliphatic rings. The van der Waals surface area contributed by atoms with Crippen molar-refractivity contribution in [3.63, 3.8) is 0 Å². The summed E-state index contributed by atoms with van der Waals surface area (Å²) in [7, 11) is 0. The molecule has 1 aromatic carbocycles. The Bertz CT molecular complexity index is 490. The van der Waals surface area contributed by atoms with Gasteiger partial charge in [-0.05, 0) is 19.9 Å². The largest absolute Gasteiger partial charge is 0.493 e. The maximum absolute atomic E-state index is 5.64. The van der Waals surface area contributed by atoms with Crippen LogP contribution in [0.3, 0.4) is 0 Å². The number of rotatable bonds is 3. The minimum absolute atomic E-state index is 0.184. The van der Waals surface area contributed by atoms with Crippen molar-refractivity contribution >= 4 is 5.84 Å². The van der Waals surface area contributed by atoms with Crippen LogP contribution in [-0.2, 0) is 0 Å². The van der Waals surface area contributed by atoms with Gasteiger partial charge in [-0.1, -0.05) is 24.3 Å². The van der Waals surface area contributed by atoms with Crippen molar-refractivity contribution < 1.29 is 4.74 Å². The van der Waals surface area contributed by atoms with Crippen LogP contribution < -0.4 is 15.8 Å². The molecule has 0 radical (unpaired) electrons. The SMILES string of the molecule is C=C(N=C(C)N)N[C@@H]1CCOc2ccc(C)cc21. The van der Waals surface area contributed by atoms with E-state index in [4.69, 9.17) is 10.5 Å². The van der Waals surface area contributed by atoms with E-state index in [9.17, 15) is 0 Å². The van der Waals surface area contributed by atoms with Gasteiger partial charge in [-0.25, -0.2) is 4.99 Å². The number of amidine groups is 1. The van der Waals surface area contributed by atoms with E-state index in [0.717, 1.165) is 17.7 Å². The Labute approximate surface area is 108 Å². The standard InChI is InChI=1S/C14H19N3O/c1-9-4-5-14-12(8-9)13(6-7-18-14)17-11(3)16-10(2)15/h4-5,8,13,17H,3,6-7H2,1-2H3,(H2,15,16)/t13-/m1/s1. The van der Waals surface area contributed by atoms with Crippen LogP contribution in [0.4, 0.5) is 0 Å². The van der Waals surface area contributed by atoms with E-state index < -0.39 is 0 Å². The minimum Gasteiger partial charge on any atom is -0.493 e. The summed E-state index contributed by atoms with van der Waals surface area (Å²) in [5, 5.41) is 3.29. The average Bonchev–Trinajstić information content (AvgIpc) is 2.28. The Balaban J connectivity index is 2.19. The lowest BCUT2D eigenvalue weighted by atomic mass is 9.98. The fraction of sp³-hybridized carbons (Fsp3) is 0.357. The highest BCUT2D eigenvalue weighted by Crippen LogP contribution is 2.33. The van der Waals surface area contributed by atoms with Gasteiger partial charge >= 0.3 is 0 Å². The van der Waals surface area contributed by atoms with Crippen LogP contribution in [0.2, 0.25) is 0 Å². The Morgan fingerprint density at radius 3 is 3.06 bits per heavy atom. The maximum atomic E-state index is 5.64. The first-order valence-electron chi connectivity index (χ1n) is 6.06. The molecule has 4 heteroatoms. The van der Waals surface area contributed by atoms with Gasteiger partial charge in [0.05, 0.1) is 18.5 Å². The molecular weight excluding hydrogens is 226 g/mol. The van der Waals surface area contributed by atoms with Crippen molar-refractivity contribution in [1.82, 2.24) is 5.32 Å². The van der Waals surface area contributed by atoms with Gasteiger partial charge in [0.15, 0.2) is 0 Å². The lowest BCUT2D eigenvalue weighted by molar-refractivity contribution is 0.258. The Hall–Kier alpha value is -1.97. The first-order chi connectivity index (χ1) is 8.56. The molecule has 0 unspecified atom stereocenters. The first kappa shape index (κ1) is 12.5. The Kier molecular flexibility index (Phi) is 3.55. The van der Waals surface area contributed by atoms with Gasteiger partial charge in [-0.2, -0.15) is 0 Å². The lowest BCUT2D eigenvalue weighted by Gasteiger charge is -2.27. The van der Waals surface area contributed by atoms with E-state index >= 15 is 0 Å². The van der Waals surface area contributed by atoms with Gasteiger partial charge < -0.3 is 15.8 Å². The molecule has 0 spiro atoms. The maximum Gasteiger partial charge on any atom is 0.124 e. The molecule has 0 aromatic heterocycles. The summed E-state index contributed by atoms with van der Waals surface area (Å²) in [4.78, 5) is 4.11. The fourth-order valence-corrected chi connectivity index (χ4v) is 2.11. The summed E-state index contributed by atoms with van der Waals surface area (Å²) >= 11 is 0. The average molecular weight is 245 g/mol. The van der Waals surface area contributed by atoms with E-state index in [2.05, 4.69) is 35.9 Å². The molecule has 1 aromatic rings. The summed E-state index contributed by atoms with van der Waals surface area (Å²) in [6.45, 7) is 8.38. The van der Waals surface area contributed by atoms with Crippen LogP contribution in [0.5, 0.6) is 5.75 Å². The van der Waals surface area contributed by atoms with E-state index in [0.29, 0.717) is 18.3 Å². The monoisotopic (exact) mass is 245 g/mol. The fourth-order valence-electron chi connectivity index (χ4n) is 2.11. The molecule has 2 rings (SSSR count). The van der Waals surface area contributed by atoms with E-state index in [1.54, 1.807) is 6.92 Å². The number of benzene rings is 1. The second-order valence-electron chi connectivity index (χ2n) is 4.58. The molecule has 0 amide bonds. The molecule has 0 bridgehead atoms. The highest BCUT2D eigenvalue weighted by Gasteiger charge is 2.21. The zero-order chi connectivity index (χ0) is 13.1. The molecular formula is C14H19N3O. The first-order valence-corrected chi connectivity index (χ1v) is 6.06. The van der Waals surface area contributed by atoms with Crippen LogP contribution in [-0.4, -0.2) is 12.4 Å². The van der Waals surface area contributed by atoms with Crippen LogP contribution in [0.15, 0.2) is 35.6 Å². The van der Waals surface area contributed by atoms with E-state index in [1.807, 2.05) is 6.07 Å². The Morgan fingerprint density at radius 1 is 1.56 bits per heavy atom. The molecule has 0 aliphatic carbocycles. The highest BCUT2D eigenvalue weighted by atomic mass is 16.5. The third kappa shape index (κ3) is 2.83. The van der Waals surface area contributed by atoms with Crippen molar-refractivity contribution in [3.8, 4) is 5.75 Å². The molecule has 3 N–H and O–H groups in total. The number of ether oxygens (including phenoxy) is 1. The summed E-state index contributed by atoms with van der Waals surface area (Å²) in [5.74, 6) is 2.03. The second kappa shape index (κ2) is 5.12. The van der Waals surface area contributed by atoms with Crippen LogP contribution in [0.25, 0.3) is 0 Å². The summed E-state index contributed by atoms with van der Waals surface area (Å²) in [5.41, 5.74) is 7.92. The van der Waals surface area contributed by atoms with Gasteiger partial charge in [0.25, 0.3) is 0 Å². The number of fused-ring (bicyclic) bond motifs is 1. The summed E-state index contributed by atoms with van der Waals surface area (Å²) in [6, 6.07) is 6.39. The van der Waals surface area contributed by atoms with E-state index in [-0.39, 0.29) is 6.04 Å². The van der Waals surface area contributed by atoms with Gasteiger partial charge in [-0.15, -0.1) is 0 Å². The smallest absolute Gasteiger partial charge is 0.124 e. The molecule has 0 fully saturated rings. The van der Waals surface area contributed by atoms with Crippen molar-refractivity contribution in [1.29, 1.82) is 0 Å². The van der Waals surface area contributed by atoms with Gasteiger partial charge in [0.1, 0.15) is 11.6 Å². The number of nitrogens with zero attached hydrogens (tertiary/aromatic N) is 1. The quantitative estimate of drug-likeness (QED) is 0.634.